The molecule has 0 atom stereocenters. The number of carbonyl (C=O) groups excluding carboxylic acids is 1. The number of hydrogen-bond donors (Lipinski definition) is 4. The van der Waals surface area contributed by atoms with E-state index in [0.29, 0.717) is 28.4 Å². The second kappa shape index (κ2) is 15.1. The Morgan fingerprint density at radius 3 is 2.26 bits per heavy atom. The van der Waals surface area contributed by atoms with Gasteiger partial charge in [-0.2, -0.15) is 13.1 Å². The van der Waals surface area contributed by atoms with Crippen LogP contribution in [0, 0.1) is 10.8 Å². The average Bonchev–Trinajstić information content (AvgIpc) is 2.95. The molecule has 1 fully saturated rings. The fourth-order valence-electron chi connectivity index (χ4n) is 4.54. The van der Waals surface area contributed by atoms with Crippen molar-refractivity contribution < 1.29 is 22.7 Å². The number of likely N-dealkylation sites (tertiary alicyclic amines) is 1. The van der Waals surface area contributed by atoms with E-state index in [0.717, 1.165) is 36.7 Å². The van der Waals surface area contributed by atoms with Gasteiger partial charge < -0.3 is 20.1 Å². The van der Waals surface area contributed by atoms with Crippen LogP contribution < -0.4 is 19.5 Å². The molecular formula is C28H36Cl2N6O5S. The molecule has 5 N–H and O–H groups in total. The number of nitrogens with zero attached hydrogens (tertiary/aromatic N) is 2. The Kier molecular flexibility index (Phi) is 12.4. The van der Waals surface area contributed by atoms with Crippen molar-refractivity contribution in [2.45, 2.75) is 32.4 Å². The minimum Gasteiger partial charge on any atom is -0.490 e. The molecule has 228 valence electrons. The van der Waals surface area contributed by atoms with Gasteiger partial charge in [0.15, 0.2) is 0 Å². The normalized spacial score (nSPS) is 13.4. The van der Waals surface area contributed by atoms with Crippen LogP contribution in [-0.4, -0.2) is 63.8 Å². The highest BCUT2D eigenvalue weighted by Gasteiger charge is 2.25. The molecule has 1 aliphatic heterocycles. The van der Waals surface area contributed by atoms with Gasteiger partial charge in [0.25, 0.3) is 0 Å². The van der Waals surface area contributed by atoms with Crippen LogP contribution >= 0.6 is 24.8 Å². The third-order valence-corrected chi connectivity index (χ3v) is 8.23. The maximum absolute atomic E-state index is 13.4. The van der Waals surface area contributed by atoms with Gasteiger partial charge in [-0.3, -0.25) is 19.9 Å². The van der Waals surface area contributed by atoms with Crippen molar-refractivity contribution in [3.05, 3.63) is 71.8 Å². The van der Waals surface area contributed by atoms with Crippen molar-refractivity contribution in [3.8, 4) is 5.75 Å². The molecular weight excluding hydrogens is 603 g/mol. The minimum atomic E-state index is -4.15. The quantitative estimate of drug-likeness (QED) is 0.149. The SMILES string of the molecule is COC(=O)CNS(=O)(=O)N(Cc1ccc2ccc(C(=N)N)cc2c1)c1ccc(OC2CCN(C(C)=N)CC2)cc1.Cl.Cl. The van der Waals surface area contributed by atoms with Crippen molar-refractivity contribution in [2.24, 2.45) is 5.73 Å². The second-order valence-electron chi connectivity index (χ2n) is 9.60. The predicted octanol–water partition coefficient (Wildman–Crippen LogP) is 3.82. The largest absolute Gasteiger partial charge is 0.490 e. The molecule has 0 radical (unpaired) electrons. The molecule has 0 unspecified atom stereocenters. The van der Waals surface area contributed by atoms with Gasteiger partial charge in [0.1, 0.15) is 24.2 Å². The first kappa shape index (κ1) is 34.6. The summed E-state index contributed by atoms with van der Waals surface area (Å²) >= 11 is 0. The van der Waals surface area contributed by atoms with Gasteiger partial charge in [-0.15, -0.1) is 24.8 Å². The summed E-state index contributed by atoms with van der Waals surface area (Å²) in [5.74, 6) is 0.409. The number of hydrogen-bond acceptors (Lipinski definition) is 7. The molecule has 0 aromatic heterocycles. The van der Waals surface area contributed by atoms with Crippen LogP contribution in [0.3, 0.4) is 0 Å². The van der Waals surface area contributed by atoms with Gasteiger partial charge in [-0.05, 0) is 59.7 Å². The molecule has 0 aliphatic carbocycles. The maximum Gasteiger partial charge on any atom is 0.320 e. The Labute approximate surface area is 258 Å². The Morgan fingerprint density at radius 2 is 1.67 bits per heavy atom. The molecule has 0 bridgehead atoms. The van der Waals surface area contributed by atoms with Gasteiger partial charge in [0.05, 0.1) is 25.2 Å². The van der Waals surface area contributed by atoms with Crippen LogP contribution in [0.15, 0.2) is 60.7 Å². The number of methoxy groups -OCH3 is 1. The molecule has 0 spiro atoms. The van der Waals surface area contributed by atoms with Crippen LogP contribution in [-0.2, 0) is 26.3 Å². The molecule has 14 heteroatoms. The van der Waals surface area contributed by atoms with Gasteiger partial charge >= 0.3 is 16.2 Å². The Balaban J connectivity index is 0.00000308. The predicted molar refractivity (Wildman–Crippen MR) is 170 cm³/mol. The fraction of sp³-hybridized carbons (Fsp3) is 0.321. The van der Waals surface area contributed by atoms with E-state index in [2.05, 4.69) is 9.46 Å². The van der Waals surface area contributed by atoms with Crippen molar-refractivity contribution in [1.29, 1.82) is 10.8 Å². The van der Waals surface area contributed by atoms with Gasteiger partial charge in [0.2, 0.25) is 0 Å². The average molecular weight is 640 g/mol. The number of nitrogens with one attached hydrogen (secondary N) is 3. The minimum absolute atomic E-state index is 0. The molecule has 3 aromatic carbocycles. The first-order valence-electron chi connectivity index (χ1n) is 12.8. The number of rotatable bonds is 10. The first-order chi connectivity index (χ1) is 19.1. The molecule has 1 heterocycles. The lowest BCUT2D eigenvalue weighted by Gasteiger charge is -2.33. The summed E-state index contributed by atoms with van der Waals surface area (Å²) in [6, 6.07) is 17.8. The number of piperidine rings is 1. The Morgan fingerprint density at radius 1 is 1.02 bits per heavy atom. The molecule has 11 nitrogen and oxygen atoms in total. The first-order valence-corrected chi connectivity index (χ1v) is 14.3. The number of fused-ring (bicyclic) bond motifs is 1. The van der Waals surface area contributed by atoms with Crippen LogP contribution in [0.1, 0.15) is 30.9 Å². The zero-order valence-corrected chi connectivity index (χ0v) is 25.8. The third-order valence-electron chi connectivity index (χ3n) is 6.80. The zero-order valence-electron chi connectivity index (χ0n) is 23.3. The number of nitrogen functional groups attached to an aromatic ring is 1. The topological polar surface area (TPSA) is 162 Å². The highest BCUT2D eigenvalue weighted by molar-refractivity contribution is 7.90. The summed E-state index contributed by atoms with van der Waals surface area (Å²) in [5, 5.41) is 17.2. The van der Waals surface area contributed by atoms with E-state index in [1.165, 1.54) is 11.4 Å². The fourth-order valence-corrected chi connectivity index (χ4v) is 5.71. The van der Waals surface area contributed by atoms with Gasteiger partial charge in [-0.1, -0.05) is 24.3 Å². The van der Waals surface area contributed by atoms with E-state index in [9.17, 15) is 13.2 Å². The van der Waals surface area contributed by atoms with Crippen molar-refractivity contribution in [2.75, 3.05) is 31.0 Å². The van der Waals surface area contributed by atoms with E-state index in [4.69, 9.17) is 21.3 Å². The number of benzene rings is 3. The number of anilines is 1. The lowest BCUT2D eigenvalue weighted by atomic mass is 10.0. The number of amidine groups is 2. The Hall–Kier alpha value is -3.58. The van der Waals surface area contributed by atoms with E-state index < -0.39 is 22.7 Å². The number of carbonyl (C=O) groups is 1. The number of halogens is 2. The second-order valence-corrected chi connectivity index (χ2v) is 11.3. The van der Waals surface area contributed by atoms with E-state index in [1.54, 1.807) is 43.3 Å². The lowest BCUT2D eigenvalue weighted by Crippen LogP contribution is -2.42. The monoisotopic (exact) mass is 638 g/mol. The number of ether oxygens (including phenoxy) is 2. The van der Waals surface area contributed by atoms with Crippen molar-refractivity contribution in [3.63, 3.8) is 0 Å². The lowest BCUT2D eigenvalue weighted by molar-refractivity contribution is -0.139. The standard InChI is InChI=1S/C28H34N6O5S.2ClH/c1-19(29)33-13-11-26(12-14-33)39-25-9-7-24(8-10-25)34(40(36,37)32-17-27(35)38-2)18-20-3-4-21-5-6-22(28(30)31)16-23(21)15-20;;/h3-10,15-16,26,29,32H,11-14,17-18H2,1-2H3,(H3,30,31);2*1H. The maximum atomic E-state index is 13.4. The van der Waals surface area contributed by atoms with E-state index in [-0.39, 0.29) is 43.3 Å². The molecule has 3 aromatic rings. The van der Waals surface area contributed by atoms with Crippen LogP contribution in [0.25, 0.3) is 10.8 Å². The number of nitrogens with two attached hydrogens (primary N) is 1. The zero-order chi connectivity index (χ0) is 28.9. The molecule has 1 aliphatic rings. The molecule has 4 rings (SSSR count). The van der Waals surface area contributed by atoms with E-state index in [1.807, 2.05) is 29.2 Å². The van der Waals surface area contributed by atoms with E-state index >= 15 is 0 Å². The van der Waals surface area contributed by atoms with Gasteiger partial charge in [0, 0.05) is 31.5 Å². The summed E-state index contributed by atoms with van der Waals surface area (Å²) < 4.78 is 40.9. The summed E-state index contributed by atoms with van der Waals surface area (Å²) in [4.78, 5) is 13.7. The van der Waals surface area contributed by atoms with Crippen LogP contribution in [0.4, 0.5) is 5.69 Å². The van der Waals surface area contributed by atoms with Gasteiger partial charge in [-0.25, -0.2) is 0 Å². The Bertz CT molecular complexity index is 1510. The summed E-state index contributed by atoms with van der Waals surface area (Å²) in [6.07, 6.45) is 1.60. The van der Waals surface area contributed by atoms with Crippen molar-refractivity contribution >= 4 is 69.1 Å². The number of esters is 1. The smallest absolute Gasteiger partial charge is 0.320 e. The molecule has 0 saturated carbocycles. The molecule has 0 amide bonds. The van der Waals surface area contributed by atoms with Crippen LogP contribution in [0.2, 0.25) is 0 Å². The molecule has 1 saturated heterocycles. The summed E-state index contributed by atoms with van der Waals surface area (Å²) in [7, 11) is -2.96. The summed E-state index contributed by atoms with van der Waals surface area (Å²) in [6.45, 7) is 2.77. The summed E-state index contributed by atoms with van der Waals surface area (Å²) in [5.41, 5.74) is 7.30. The molecule has 42 heavy (non-hydrogen) atoms. The third kappa shape index (κ3) is 8.71. The highest BCUT2D eigenvalue weighted by atomic mass is 35.5. The van der Waals surface area contributed by atoms with Crippen molar-refractivity contribution in [1.82, 2.24) is 9.62 Å². The van der Waals surface area contributed by atoms with Crippen LogP contribution in [0.5, 0.6) is 5.75 Å². The highest BCUT2D eigenvalue weighted by Crippen LogP contribution is 2.27.